The van der Waals surface area contributed by atoms with Gasteiger partial charge in [-0.25, -0.2) is 0 Å². The van der Waals surface area contributed by atoms with Crippen molar-refractivity contribution in [3.05, 3.63) is 34.9 Å². The molecule has 1 saturated heterocycles. The molecule has 1 fully saturated rings. The lowest BCUT2D eigenvalue weighted by atomic mass is 10.1. The average molecular weight is 198 g/mol. The van der Waals surface area contributed by atoms with Gasteiger partial charge in [-0.05, 0) is 11.6 Å². The van der Waals surface area contributed by atoms with Crippen molar-refractivity contribution in [3.63, 3.8) is 0 Å². The summed E-state index contributed by atoms with van der Waals surface area (Å²) >= 11 is 6.06. The highest BCUT2D eigenvalue weighted by molar-refractivity contribution is 6.31. The lowest BCUT2D eigenvalue weighted by Gasteiger charge is -2.24. The van der Waals surface area contributed by atoms with Gasteiger partial charge in [-0.2, -0.15) is 0 Å². The van der Waals surface area contributed by atoms with Crippen molar-refractivity contribution < 1.29 is 4.74 Å². The molecule has 0 bridgehead atoms. The van der Waals surface area contributed by atoms with Crippen LogP contribution in [0.1, 0.15) is 11.6 Å². The molecule has 0 spiro atoms. The van der Waals surface area contributed by atoms with E-state index in [1.807, 2.05) is 24.3 Å². The number of benzene rings is 1. The zero-order valence-corrected chi connectivity index (χ0v) is 8.05. The molecule has 1 aromatic carbocycles. The van der Waals surface area contributed by atoms with Crippen LogP contribution in [0.25, 0.3) is 0 Å². The highest BCUT2D eigenvalue weighted by Gasteiger charge is 2.16. The van der Waals surface area contributed by atoms with Gasteiger partial charge >= 0.3 is 0 Å². The molecule has 3 heteroatoms. The number of hydrogen-bond donors (Lipinski definition) is 1. The highest BCUT2D eigenvalue weighted by Crippen LogP contribution is 2.23. The predicted molar refractivity (Wildman–Crippen MR) is 53.0 cm³/mol. The van der Waals surface area contributed by atoms with E-state index >= 15 is 0 Å². The van der Waals surface area contributed by atoms with Crippen molar-refractivity contribution >= 4 is 11.6 Å². The first-order valence-corrected chi connectivity index (χ1v) is 4.81. The van der Waals surface area contributed by atoms with Gasteiger partial charge in [-0.3, -0.25) is 0 Å². The van der Waals surface area contributed by atoms with Gasteiger partial charge in [0.25, 0.3) is 0 Å². The average Bonchev–Trinajstić information content (AvgIpc) is 2.20. The molecule has 2 nitrogen and oxygen atoms in total. The van der Waals surface area contributed by atoms with Crippen LogP contribution in [0.3, 0.4) is 0 Å². The Balaban J connectivity index is 2.18. The van der Waals surface area contributed by atoms with E-state index in [9.17, 15) is 0 Å². The van der Waals surface area contributed by atoms with Gasteiger partial charge in [0.05, 0.1) is 19.3 Å². The van der Waals surface area contributed by atoms with Crippen molar-refractivity contribution in [1.29, 1.82) is 0 Å². The van der Waals surface area contributed by atoms with E-state index in [0.717, 1.165) is 23.7 Å². The number of halogens is 1. The fourth-order valence-corrected chi connectivity index (χ4v) is 1.79. The number of ether oxygens (including phenoxy) is 1. The second-order valence-electron chi connectivity index (χ2n) is 3.10. The maximum Gasteiger partial charge on any atom is 0.0662 e. The first-order chi connectivity index (χ1) is 6.38. The maximum absolute atomic E-state index is 6.06. The Labute approximate surface area is 82.9 Å². The summed E-state index contributed by atoms with van der Waals surface area (Å²) in [6.45, 7) is 2.40. The summed E-state index contributed by atoms with van der Waals surface area (Å²) in [6.07, 6.45) is 0. The van der Waals surface area contributed by atoms with Gasteiger partial charge < -0.3 is 10.1 Å². The van der Waals surface area contributed by atoms with Crippen molar-refractivity contribution in [2.24, 2.45) is 0 Å². The molecule has 1 atom stereocenters. The molecule has 1 aliphatic heterocycles. The van der Waals surface area contributed by atoms with E-state index in [4.69, 9.17) is 16.3 Å². The highest BCUT2D eigenvalue weighted by atomic mass is 35.5. The molecular weight excluding hydrogens is 186 g/mol. The number of rotatable bonds is 1. The molecule has 1 aliphatic rings. The van der Waals surface area contributed by atoms with Crippen molar-refractivity contribution in [2.75, 3.05) is 19.8 Å². The van der Waals surface area contributed by atoms with E-state index in [1.54, 1.807) is 0 Å². The predicted octanol–water partition coefficient (Wildman–Crippen LogP) is 2.00. The van der Waals surface area contributed by atoms with Crippen LogP contribution in [0.5, 0.6) is 0 Å². The van der Waals surface area contributed by atoms with Crippen LogP contribution in [0.15, 0.2) is 24.3 Å². The van der Waals surface area contributed by atoms with E-state index < -0.39 is 0 Å². The van der Waals surface area contributed by atoms with Crippen molar-refractivity contribution in [2.45, 2.75) is 6.04 Å². The summed E-state index contributed by atoms with van der Waals surface area (Å²) in [4.78, 5) is 0. The monoisotopic (exact) mass is 197 g/mol. The first kappa shape index (κ1) is 9.00. The van der Waals surface area contributed by atoms with Crippen LogP contribution in [0.2, 0.25) is 5.02 Å². The van der Waals surface area contributed by atoms with Gasteiger partial charge in [-0.15, -0.1) is 0 Å². The maximum atomic E-state index is 6.06. The molecule has 70 valence electrons. The fraction of sp³-hybridized carbons (Fsp3) is 0.400. The summed E-state index contributed by atoms with van der Waals surface area (Å²) in [5.41, 5.74) is 1.13. The van der Waals surface area contributed by atoms with Gasteiger partial charge in [0, 0.05) is 11.6 Å². The van der Waals surface area contributed by atoms with Crippen LogP contribution in [0, 0.1) is 0 Å². The van der Waals surface area contributed by atoms with Crippen molar-refractivity contribution in [3.8, 4) is 0 Å². The van der Waals surface area contributed by atoms with Crippen LogP contribution in [0.4, 0.5) is 0 Å². The van der Waals surface area contributed by atoms with Gasteiger partial charge in [0.1, 0.15) is 0 Å². The smallest absolute Gasteiger partial charge is 0.0662 e. The zero-order chi connectivity index (χ0) is 9.10. The summed E-state index contributed by atoms with van der Waals surface area (Å²) in [5.74, 6) is 0. The molecule has 0 aromatic heterocycles. The summed E-state index contributed by atoms with van der Waals surface area (Å²) in [5, 5.41) is 4.18. The SMILES string of the molecule is Clc1ccccc1[C@H]1COCCN1. The molecule has 0 radical (unpaired) electrons. The Morgan fingerprint density at radius 2 is 2.23 bits per heavy atom. The third-order valence-electron chi connectivity index (χ3n) is 2.20. The van der Waals surface area contributed by atoms with Crippen LogP contribution in [-0.4, -0.2) is 19.8 Å². The minimum Gasteiger partial charge on any atom is -0.378 e. The third kappa shape index (κ3) is 2.02. The quantitative estimate of drug-likeness (QED) is 0.744. The largest absolute Gasteiger partial charge is 0.378 e. The lowest BCUT2D eigenvalue weighted by molar-refractivity contribution is 0.0769. The zero-order valence-electron chi connectivity index (χ0n) is 7.29. The van der Waals surface area contributed by atoms with E-state index in [-0.39, 0.29) is 6.04 Å². The Hall–Kier alpha value is -0.570. The fourth-order valence-electron chi connectivity index (χ4n) is 1.52. The van der Waals surface area contributed by atoms with Crippen LogP contribution < -0.4 is 5.32 Å². The second kappa shape index (κ2) is 4.09. The Morgan fingerprint density at radius 3 is 2.92 bits per heavy atom. The summed E-state index contributed by atoms with van der Waals surface area (Å²) in [7, 11) is 0. The number of nitrogens with one attached hydrogen (secondary N) is 1. The second-order valence-corrected chi connectivity index (χ2v) is 3.51. The van der Waals surface area contributed by atoms with Crippen molar-refractivity contribution in [1.82, 2.24) is 5.32 Å². The minimum absolute atomic E-state index is 0.252. The van der Waals surface area contributed by atoms with Gasteiger partial charge in [0.2, 0.25) is 0 Å². The van der Waals surface area contributed by atoms with Gasteiger partial charge in [-0.1, -0.05) is 29.8 Å². The van der Waals surface area contributed by atoms with E-state index in [2.05, 4.69) is 5.32 Å². The normalized spacial score (nSPS) is 23.0. The number of morpholine rings is 1. The molecule has 13 heavy (non-hydrogen) atoms. The Kier molecular flexibility index (Phi) is 2.83. The van der Waals surface area contributed by atoms with Crippen LogP contribution >= 0.6 is 11.6 Å². The molecule has 1 heterocycles. The summed E-state index contributed by atoms with van der Waals surface area (Å²) in [6, 6.07) is 8.14. The summed E-state index contributed by atoms with van der Waals surface area (Å²) < 4.78 is 5.37. The minimum atomic E-state index is 0.252. The molecular formula is C10H12ClNO. The molecule has 0 aliphatic carbocycles. The molecule has 0 saturated carbocycles. The molecule has 1 N–H and O–H groups in total. The molecule has 2 rings (SSSR count). The third-order valence-corrected chi connectivity index (χ3v) is 2.55. The Morgan fingerprint density at radius 1 is 1.38 bits per heavy atom. The van der Waals surface area contributed by atoms with Crippen LogP contribution in [-0.2, 0) is 4.74 Å². The standard InChI is InChI=1S/C10H12ClNO/c11-9-4-2-1-3-8(9)10-7-13-6-5-12-10/h1-4,10,12H,5-7H2/t10-/m1/s1. The molecule has 0 amide bonds. The first-order valence-electron chi connectivity index (χ1n) is 4.43. The van der Waals surface area contributed by atoms with E-state index in [0.29, 0.717) is 6.61 Å². The van der Waals surface area contributed by atoms with E-state index in [1.165, 1.54) is 0 Å². The number of hydrogen-bond acceptors (Lipinski definition) is 2. The molecule has 1 aromatic rings. The lowest BCUT2D eigenvalue weighted by Crippen LogP contribution is -2.34. The topological polar surface area (TPSA) is 21.3 Å². The molecule has 0 unspecified atom stereocenters. The Bertz CT molecular complexity index is 284. The van der Waals surface area contributed by atoms with Gasteiger partial charge in [0.15, 0.2) is 0 Å².